The van der Waals surface area contributed by atoms with Gasteiger partial charge in [-0.25, -0.2) is 9.97 Å². The maximum Gasteiger partial charge on any atom is 0.258 e. The van der Waals surface area contributed by atoms with E-state index in [2.05, 4.69) is 20.1 Å². The van der Waals surface area contributed by atoms with Gasteiger partial charge in [0.2, 0.25) is 17.6 Å². The number of hydrogen-bond donors (Lipinski definition) is 0. The zero-order valence-electron chi connectivity index (χ0n) is 13.3. The van der Waals surface area contributed by atoms with E-state index in [-0.39, 0.29) is 11.8 Å². The average Bonchev–Trinajstić information content (AvgIpc) is 3.34. The molecule has 2 aromatic heterocycles. The number of hydrogen-bond acceptors (Lipinski definition) is 7. The molecule has 1 unspecified atom stereocenters. The maximum absolute atomic E-state index is 12.6. The molecule has 0 spiro atoms. The quantitative estimate of drug-likeness (QED) is 0.844. The van der Waals surface area contributed by atoms with Gasteiger partial charge in [0.25, 0.3) is 5.89 Å². The van der Waals surface area contributed by atoms with Gasteiger partial charge in [-0.3, -0.25) is 4.79 Å². The summed E-state index contributed by atoms with van der Waals surface area (Å²) >= 11 is 0. The Morgan fingerprint density at radius 1 is 1.17 bits per heavy atom. The van der Waals surface area contributed by atoms with Crippen LogP contribution in [0.4, 0.5) is 0 Å². The summed E-state index contributed by atoms with van der Waals surface area (Å²) in [6, 6.07) is 1.72. The van der Waals surface area contributed by atoms with Gasteiger partial charge in [-0.1, -0.05) is 18.0 Å². The van der Waals surface area contributed by atoms with Crippen molar-refractivity contribution in [3.63, 3.8) is 0 Å². The third kappa shape index (κ3) is 3.01. The molecule has 4 rings (SSSR count). The predicted molar refractivity (Wildman–Crippen MR) is 82.6 cm³/mol. The first-order valence-corrected chi connectivity index (χ1v) is 8.32. The third-order valence-corrected chi connectivity index (χ3v) is 4.57. The largest absolute Gasteiger partial charge is 0.365 e. The summed E-state index contributed by atoms with van der Waals surface area (Å²) in [5.74, 6) is 1.49. The topological polar surface area (TPSA) is 94.2 Å². The summed E-state index contributed by atoms with van der Waals surface area (Å²) in [5, 5.41) is 3.91. The van der Waals surface area contributed by atoms with Crippen LogP contribution in [0.3, 0.4) is 0 Å². The Bertz CT molecular complexity index is 699. The Labute approximate surface area is 139 Å². The van der Waals surface area contributed by atoms with Crippen molar-refractivity contribution in [2.75, 3.05) is 19.7 Å². The highest BCUT2D eigenvalue weighted by atomic mass is 16.5. The van der Waals surface area contributed by atoms with Crippen LogP contribution in [-0.2, 0) is 9.53 Å². The Kier molecular flexibility index (Phi) is 4.20. The van der Waals surface area contributed by atoms with Gasteiger partial charge in [-0.05, 0) is 18.9 Å². The van der Waals surface area contributed by atoms with Gasteiger partial charge >= 0.3 is 0 Å². The third-order valence-electron chi connectivity index (χ3n) is 4.57. The molecule has 0 aromatic carbocycles. The van der Waals surface area contributed by atoms with Gasteiger partial charge < -0.3 is 14.2 Å². The van der Waals surface area contributed by atoms with Gasteiger partial charge in [0, 0.05) is 24.9 Å². The molecule has 0 N–H and O–H groups in total. The molecule has 1 saturated heterocycles. The lowest BCUT2D eigenvalue weighted by Gasteiger charge is -2.32. The van der Waals surface area contributed by atoms with Crippen LogP contribution in [0.2, 0.25) is 0 Å². The van der Waals surface area contributed by atoms with Gasteiger partial charge in [0.15, 0.2) is 6.10 Å². The molecule has 1 aliphatic heterocycles. The van der Waals surface area contributed by atoms with Crippen LogP contribution in [0.25, 0.3) is 11.6 Å². The van der Waals surface area contributed by atoms with E-state index in [1.165, 1.54) is 0 Å². The van der Waals surface area contributed by atoms with E-state index in [4.69, 9.17) is 9.26 Å². The number of rotatable bonds is 3. The number of morpholine rings is 1. The second-order valence-electron chi connectivity index (χ2n) is 6.15. The van der Waals surface area contributed by atoms with E-state index in [1.54, 1.807) is 18.5 Å². The van der Waals surface area contributed by atoms with Crippen molar-refractivity contribution in [2.24, 2.45) is 5.92 Å². The van der Waals surface area contributed by atoms with Crippen molar-refractivity contribution in [3.8, 4) is 11.6 Å². The summed E-state index contributed by atoms with van der Waals surface area (Å²) in [6.45, 7) is 1.55. The Hall–Kier alpha value is -2.35. The molecule has 2 aliphatic rings. The zero-order chi connectivity index (χ0) is 16.4. The van der Waals surface area contributed by atoms with Crippen LogP contribution in [0, 0.1) is 5.92 Å². The smallest absolute Gasteiger partial charge is 0.258 e. The van der Waals surface area contributed by atoms with Crippen LogP contribution >= 0.6 is 0 Å². The molecule has 0 radical (unpaired) electrons. The molecule has 2 fully saturated rings. The standard InChI is InChI=1S/C16H19N5O3/c22-16(11-4-1-2-5-11)21-8-9-23-12(10-21)15-19-14(20-24-15)13-17-6-3-7-18-13/h3,6-7,11-12H,1-2,4-5,8-10H2. The van der Waals surface area contributed by atoms with Crippen LogP contribution in [-0.4, -0.2) is 50.6 Å². The lowest BCUT2D eigenvalue weighted by molar-refractivity contribution is -0.144. The van der Waals surface area contributed by atoms with Crippen LogP contribution in [0.5, 0.6) is 0 Å². The van der Waals surface area contributed by atoms with E-state index >= 15 is 0 Å². The van der Waals surface area contributed by atoms with Gasteiger partial charge in [0.05, 0.1) is 13.2 Å². The molecule has 126 valence electrons. The monoisotopic (exact) mass is 329 g/mol. The molecule has 8 nitrogen and oxygen atoms in total. The molecule has 0 bridgehead atoms. The predicted octanol–water partition coefficient (Wildman–Crippen LogP) is 1.62. The highest BCUT2D eigenvalue weighted by Crippen LogP contribution is 2.29. The Balaban J connectivity index is 1.46. The first-order chi connectivity index (χ1) is 11.8. The van der Waals surface area contributed by atoms with Crippen LogP contribution in [0.1, 0.15) is 37.7 Å². The summed E-state index contributed by atoms with van der Waals surface area (Å²) in [7, 11) is 0. The molecule has 1 aliphatic carbocycles. The van der Waals surface area contributed by atoms with Crippen molar-refractivity contribution in [1.82, 2.24) is 25.0 Å². The second kappa shape index (κ2) is 6.64. The maximum atomic E-state index is 12.6. The highest BCUT2D eigenvalue weighted by Gasteiger charge is 2.33. The van der Waals surface area contributed by atoms with E-state index in [9.17, 15) is 4.79 Å². The molecule has 1 amide bonds. The minimum Gasteiger partial charge on any atom is -0.365 e. The lowest BCUT2D eigenvalue weighted by atomic mass is 10.1. The molecular weight excluding hydrogens is 310 g/mol. The normalized spacial score (nSPS) is 22.0. The van der Waals surface area contributed by atoms with Crippen molar-refractivity contribution < 1.29 is 14.1 Å². The molecule has 2 aromatic rings. The summed E-state index contributed by atoms with van der Waals surface area (Å²) in [4.78, 5) is 27.0. The van der Waals surface area contributed by atoms with Crippen molar-refractivity contribution in [1.29, 1.82) is 0 Å². The number of aromatic nitrogens is 4. The van der Waals surface area contributed by atoms with Crippen molar-refractivity contribution in [3.05, 3.63) is 24.4 Å². The van der Waals surface area contributed by atoms with Crippen molar-refractivity contribution in [2.45, 2.75) is 31.8 Å². The van der Waals surface area contributed by atoms with Crippen molar-refractivity contribution >= 4 is 5.91 Å². The number of amides is 1. The molecule has 3 heterocycles. The SMILES string of the molecule is O=C(C1CCCC1)N1CCOC(c2nc(-c3ncccn3)no2)C1. The lowest BCUT2D eigenvalue weighted by Crippen LogP contribution is -2.44. The first-order valence-electron chi connectivity index (χ1n) is 8.32. The van der Waals surface area contributed by atoms with Crippen LogP contribution < -0.4 is 0 Å². The fraction of sp³-hybridized carbons (Fsp3) is 0.562. The first kappa shape index (κ1) is 15.2. The summed E-state index contributed by atoms with van der Waals surface area (Å²) < 4.78 is 11.0. The number of ether oxygens (including phenoxy) is 1. The van der Waals surface area contributed by atoms with E-state index < -0.39 is 6.10 Å². The molecule has 8 heteroatoms. The van der Waals surface area contributed by atoms with Gasteiger partial charge in [0.1, 0.15) is 0 Å². The molecule has 1 atom stereocenters. The fourth-order valence-corrected chi connectivity index (χ4v) is 3.30. The number of carbonyl (C=O) groups excluding carboxylic acids is 1. The van der Waals surface area contributed by atoms with Gasteiger partial charge in [-0.2, -0.15) is 4.98 Å². The molecule has 1 saturated carbocycles. The van der Waals surface area contributed by atoms with E-state index in [0.29, 0.717) is 37.2 Å². The van der Waals surface area contributed by atoms with E-state index in [0.717, 1.165) is 25.7 Å². The fourth-order valence-electron chi connectivity index (χ4n) is 3.30. The Morgan fingerprint density at radius 2 is 1.96 bits per heavy atom. The molecule has 24 heavy (non-hydrogen) atoms. The summed E-state index contributed by atoms with van der Waals surface area (Å²) in [6.07, 6.45) is 7.14. The Morgan fingerprint density at radius 3 is 2.75 bits per heavy atom. The minimum atomic E-state index is -0.394. The van der Waals surface area contributed by atoms with Gasteiger partial charge in [-0.15, -0.1) is 0 Å². The average molecular weight is 329 g/mol. The minimum absolute atomic E-state index is 0.166. The number of carbonyl (C=O) groups is 1. The second-order valence-corrected chi connectivity index (χ2v) is 6.15. The van der Waals surface area contributed by atoms with Crippen LogP contribution in [0.15, 0.2) is 23.0 Å². The zero-order valence-corrected chi connectivity index (χ0v) is 13.3. The summed E-state index contributed by atoms with van der Waals surface area (Å²) in [5.41, 5.74) is 0. The van der Waals surface area contributed by atoms with E-state index in [1.807, 2.05) is 4.90 Å². The number of nitrogens with zero attached hydrogens (tertiary/aromatic N) is 5. The highest BCUT2D eigenvalue weighted by molar-refractivity contribution is 5.79. The molecular formula is C16H19N5O3.